The molecule has 0 aliphatic carbocycles. The number of nitrogens with zero attached hydrogens (tertiary/aromatic N) is 3. The molecule has 0 amide bonds. The summed E-state index contributed by atoms with van der Waals surface area (Å²) in [6.45, 7) is 1.99. The zero-order valence-corrected chi connectivity index (χ0v) is 16.6. The average molecular weight is 415 g/mol. The number of fused-ring (bicyclic) bond motifs is 1. The normalized spacial score (nSPS) is 13.0. The van der Waals surface area contributed by atoms with Gasteiger partial charge in [-0.15, -0.1) is 0 Å². The van der Waals surface area contributed by atoms with Crippen molar-refractivity contribution in [2.45, 2.75) is 30.0 Å². The van der Waals surface area contributed by atoms with Crippen LogP contribution in [-0.4, -0.2) is 22.3 Å². The van der Waals surface area contributed by atoms with E-state index in [-0.39, 0.29) is 22.3 Å². The third-order valence-corrected chi connectivity index (χ3v) is 7.02. The Morgan fingerprint density at radius 2 is 1.96 bits per heavy atom. The fourth-order valence-electron chi connectivity index (χ4n) is 3.25. The number of oxazole rings is 1. The molecule has 1 unspecified atom stereocenters. The predicted octanol–water partition coefficient (Wildman–Crippen LogP) is 3.42. The predicted molar refractivity (Wildman–Crippen MR) is 106 cm³/mol. The topological polar surface area (TPSA) is 95.1 Å². The first-order valence-corrected chi connectivity index (χ1v) is 11.1. The zero-order chi connectivity index (χ0) is 19.7. The molecule has 144 valence electrons. The fourth-order valence-corrected chi connectivity index (χ4v) is 5.37. The van der Waals surface area contributed by atoms with Gasteiger partial charge in [-0.3, -0.25) is 4.57 Å². The van der Waals surface area contributed by atoms with E-state index in [0.717, 1.165) is 17.1 Å². The van der Waals surface area contributed by atoms with Crippen molar-refractivity contribution in [2.24, 2.45) is 0 Å². The molecule has 0 spiro atoms. The first-order valence-electron chi connectivity index (χ1n) is 8.68. The smallest absolute Gasteiger partial charge is 0.408 e. The lowest BCUT2D eigenvalue weighted by molar-refractivity contribution is 0.469. The summed E-state index contributed by atoms with van der Waals surface area (Å²) in [5.74, 6) is -0.750. The number of aromatic nitrogens is 3. The molecule has 4 aromatic rings. The van der Waals surface area contributed by atoms with Crippen LogP contribution in [0, 0.1) is 0 Å². The first-order chi connectivity index (χ1) is 13.5. The van der Waals surface area contributed by atoms with Gasteiger partial charge in [0, 0.05) is 6.07 Å². The van der Waals surface area contributed by atoms with Gasteiger partial charge in [0.1, 0.15) is 17.1 Å². The van der Waals surface area contributed by atoms with E-state index < -0.39 is 15.6 Å². The summed E-state index contributed by atoms with van der Waals surface area (Å²) in [5.41, 5.74) is 1.80. The van der Waals surface area contributed by atoms with Crippen molar-refractivity contribution in [2.75, 3.05) is 0 Å². The van der Waals surface area contributed by atoms with E-state index in [1.807, 2.05) is 37.3 Å². The molecule has 9 heteroatoms. The molecule has 4 rings (SSSR count). The molecule has 0 aliphatic rings. The first kappa shape index (κ1) is 18.6. The minimum atomic E-state index is -3.62. The molecule has 0 saturated heterocycles. The largest absolute Gasteiger partial charge is 0.420 e. The molecule has 0 aliphatic heterocycles. The number of hydrogen-bond donors (Lipinski definition) is 0. The van der Waals surface area contributed by atoms with Crippen molar-refractivity contribution in [3.8, 4) is 0 Å². The van der Waals surface area contributed by atoms with Crippen LogP contribution in [0.25, 0.3) is 11.1 Å². The van der Waals surface area contributed by atoms with Crippen molar-refractivity contribution in [3.63, 3.8) is 0 Å². The van der Waals surface area contributed by atoms with Crippen molar-refractivity contribution in [1.82, 2.24) is 13.9 Å². The van der Waals surface area contributed by atoms with Crippen LogP contribution >= 0.6 is 11.5 Å². The Morgan fingerprint density at radius 1 is 1.18 bits per heavy atom. The van der Waals surface area contributed by atoms with Gasteiger partial charge in [-0.05, 0) is 35.6 Å². The minimum Gasteiger partial charge on any atom is -0.408 e. The van der Waals surface area contributed by atoms with Crippen molar-refractivity contribution in [1.29, 1.82) is 0 Å². The van der Waals surface area contributed by atoms with Gasteiger partial charge in [-0.2, -0.15) is 4.37 Å². The Morgan fingerprint density at radius 3 is 2.64 bits per heavy atom. The number of rotatable bonds is 6. The number of hydrogen-bond acceptors (Lipinski definition) is 7. The van der Waals surface area contributed by atoms with E-state index in [1.54, 1.807) is 10.6 Å². The molecular weight excluding hydrogens is 398 g/mol. The SMILES string of the molecule is CCC(c1ccccc1)n1c(=O)oc2cc(S(=O)(=O)Cc3ncns3)ccc21. The Labute approximate surface area is 165 Å². The van der Waals surface area contributed by atoms with Gasteiger partial charge in [0.2, 0.25) is 0 Å². The Hall–Kier alpha value is -2.78. The van der Waals surface area contributed by atoms with E-state index >= 15 is 0 Å². The number of sulfone groups is 1. The van der Waals surface area contributed by atoms with Gasteiger partial charge < -0.3 is 4.42 Å². The Kier molecular flexibility index (Phi) is 4.86. The molecule has 0 saturated carbocycles. The zero-order valence-electron chi connectivity index (χ0n) is 15.0. The minimum absolute atomic E-state index is 0.0869. The highest BCUT2D eigenvalue weighted by Gasteiger charge is 2.22. The lowest BCUT2D eigenvalue weighted by Crippen LogP contribution is -2.21. The van der Waals surface area contributed by atoms with Crippen molar-refractivity contribution in [3.05, 3.63) is 76.0 Å². The molecule has 0 bridgehead atoms. The second-order valence-corrected chi connectivity index (χ2v) is 9.15. The van der Waals surface area contributed by atoms with E-state index in [1.165, 1.54) is 18.5 Å². The van der Waals surface area contributed by atoms with Crippen LogP contribution in [0.1, 0.15) is 30.0 Å². The second-order valence-electron chi connectivity index (χ2n) is 6.30. The van der Waals surface area contributed by atoms with Crippen LogP contribution in [0.3, 0.4) is 0 Å². The van der Waals surface area contributed by atoms with Crippen molar-refractivity contribution >= 4 is 32.5 Å². The van der Waals surface area contributed by atoms with Gasteiger partial charge in [0.05, 0.1) is 16.5 Å². The molecule has 7 nitrogen and oxygen atoms in total. The van der Waals surface area contributed by atoms with Crippen LogP contribution in [0.5, 0.6) is 0 Å². The van der Waals surface area contributed by atoms with Gasteiger partial charge in [-0.1, -0.05) is 37.3 Å². The summed E-state index contributed by atoms with van der Waals surface area (Å²) in [6.07, 6.45) is 2.02. The van der Waals surface area contributed by atoms with Crippen LogP contribution in [0.15, 0.2) is 69.0 Å². The maximum Gasteiger partial charge on any atom is 0.420 e. The molecular formula is C19H17N3O4S2. The van der Waals surface area contributed by atoms with E-state index in [2.05, 4.69) is 9.36 Å². The van der Waals surface area contributed by atoms with E-state index in [4.69, 9.17) is 4.42 Å². The highest BCUT2D eigenvalue weighted by molar-refractivity contribution is 7.90. The molecule has 2 aromatic heterocycles. The highest BCUT2D eigenvalue weighted by Crippen LogP contribution is 2.27. The Balaban J connectivity index is 1.78. The standard InChI is InChI=1S/C19H17N3O4S2/c1-2-15(13-6-4-3-5-7-13)22-16-9-8-14(10-17(16)26-19(22)23)28(24,25)11-18-20-12-21-27-18/h3-10,12,15H,2,11H2,1H3. The lowest BCUT2D eigenvalue weighted by Gasteiger charge is -2.16. The highest BCUT2D eigenvalue weighted by atomic mass is 32.2. The van der Waals surface area contributed by atoms with E-state index in [9.17, 15) is 13.2 Å². The van der Waals surface area contributed by atoms with Crippen LogP contribution in [0.4, 0.5) is 0 Å². The van der Waals surface area contributed by atoms with Crippen LogP contribution in [0.2, 0.25) is 0 Å². The molecule has 0 fully saturated rings. The monoisotopic (exact) mass is 415 g/mol. The van der Waals surface area contributed by atoms with Crippen LogP contribution in [-0.2, 0) is 15.6 Å². The quantitative estimate of drug-likeness (QED) is 0.479. The average Bonchev–Trinajstić information content (AvgIpc) is 3.30. The van der Waals surface area contributed by atoms with Gasteiger partial charge in [-0.25, -0.2) is 18.2 Å². The van der Waals surface area contributed by atoms with Gasteiger partial charge >= 0.3 is 5.76 Å². The third-order valence-electron chi connectivity index (χ3n) is 4.55. The van der Waals surface area contributed by atoms with Gasteiger partial charge in [0.25, 0.3) is 0 Å². The molecule has 0 N–H and O–H groups in total. The molecule has 2 heterocycles. The summed E-state index contributed by atoms with van der Waals surface area (Å²) >= 11 is 1.04. The summed E-state index contributed by atoms with van der Waals surface area (Å²) in [5, 5.41) is 0.411. The summed E-state index contributed by atoms with van der Waals surface area (Å²) in [7, 11) is -3.62. The molecule has 1 atom stereocenters. The fraction of sp³-hybridized carbons (Fsp3) is 0.211. The maximum absolute atomic E-state index is 12.7. The summed E-state index contributed by atoms with van der Waals surface area (Å²) in [4.78, 5) is 16.6. The lowest BCUT2D eigenvalue weighted by atomic mass is 10.0. The van der Waals surface area contributed by atoms with Crippen molar-refractivity contribution < 1.29 is 12.8 Å². The van der Waals surface area contributed by atoms with Gasteiger partial charge in [0.15, 0.2) is 15.4 Å². The number of benzene rings is 2. The van der Waals surface area contributed by atoms with E-state index in [0.29, 0.717) is 16.9 Å². The summed E-state index contributed by atoms with van der Waals surface area (Å²) < 4.78 is 36.1. The Bertz CT molecular complexity index is 1260. The maximum atomic E-state index is 12.7. The molecule has 2 aromatic carbocycles. The summed E-state index contributed by atoms with van der Waals surface area (Å²) in [6, 6.07) is 14.0. The third kappa shape index (κ3) is 3.38. The van der Waals surface area contributed by atoms with Crippen LogP contribution < -0.4 is 5.76 Å². The molecule has 28 heavy (non-hydrogen) atoms. The second kappa shape index (κ2) is 7.33. The molecule has 0 radical (unpaired) electrons.